The van der Waals surface area contributed by atoms with Crippen LogP contribution in [0.15, 0.2) is 146 Å². The van der Waals surface area contributed by atoms with E-state index in [9.17, 15) is 0 Å². The normalized spacial score (nSPS) is 11.7. The first-order valence-electron chi connectivity index (χ1n) is 13.2. The first-order chi connectivity index (χ1) is 18.8. The van der Waals surface area contributed by atoms with Gasteiger partial charge in [-0.15, -0.1) is 0 Å². The van der Waals surface area contributed by atoms with Crippen LogP contribution in [0.25, 0.3) is 77.2 Å². The second-order valence-electron chi connectivity index (χ2n) is 10.2. The van der Waals surface area contributed by atoms with Crippen molar-refractivity contribution in [1.82, 2.24) is 0 Å². The predicted molar refractivity (Wildman–Crippen MR) is 162 cm³/mol. The summed E-state index contributed by atoms with van der Waals surface area (Å²) < 4.78 is 0. The average molecular weight is 481 g/mol. The Bertz CT molecular complexity index is 2010. The van der Waals surface area contributed by atoms with Crippen LogP contribution < -0.4 is 0 Å². The predicted octanol–water partition coefficient (Wildman–Crippen LogP) is 10.6. The maximum atomic E-state index is 2.37. The monoisotopic (exact) mass is 480 g/mol. The van der Waals surface area contributed by atoms with Crippen LogP contribution in [0.2, 0.25) is 0 Å². The van der Waals surface area contributed by atoms with E-state index in [1.165, 1.54) is 77.2 Å². The fraction of sp³-hybridized carbons (Fsp3) is 0. The highest BCUT2D eigenvalue weighted by Crippen LogP contribution is 2.48. The van der Waals surface area contributed by atoms with Crippen LogP contribution in [0.4, 0.5) is 0 Å². The zero-order valence-electron chi connectivity index (χ0n) is 20.9. The molecule has 176 valence electrons. The molecule has 0 aliphatic heterocycles. The van der Waals surface area contributed by atoms with Gasteiger partial charge in [0.05, 0.1) is 0 Å². The molecule has 8 rings (SSSR count). The Labute approximate surface area is 222 Å². The summed E-state index contributed by atoms with van der Waals surface area (Å²) in [6.45, 7) is 0. The lowest BCUT2D eigenvalue weighted by molar-refractivity contribution is 1.59. The third-order valence-corrected chi connectivity index (χ3v) is 7.98. The Morgan fingerprint density at radius 3 is 1.58 bits per heavy atom. The molecule has 0 heterocycles. The van der Waals surface area contributed by atoms with E-state index in [-0.39, 0.29) is 0 Å². The molecule has 1 aliphatic rings. The molecule has 0 aromatic heterocycles. The summed E-state index contributed by atoms with van der Waals surface area (Å²) in [5.74, 6) is 0. The van der Waals surface area contributed by atoms with E-state index >= 15 is 0 Å². The SMILES string of the molecule is c1cc(-c2ccc(-c3cc4c5c(cccc5c3)-c3ccccc3-4)cc2)cc(-c2ccc3ccccc3c2)c1. The highest BCUT2D eigenvalue weighted by molar-refractivity contribution is 6.16. The Morgan fingerprint density at radius 1 is 0.237 bits per heavy atom. The smallest absolute Gasteiger partial charge is 0.00259 e. The van der Waals surface area contributed by atoms with Gasteiger partial charge in [-0.2, -0.15) is 0 Å². The first kappa shape index (κ1) is 21.2. The molecule has 0 radical (unpaired) electrons. The molecule has 0 atom stereocenters. The molecule has 38 heavy (non-hydrogen) atoms. The molecule has 0 saturated heterocycles. The van der Waals surface area contributed by atoms with Crippen LogP contribution in [0, 0.1) is 0 Å². The summed E-state index contributed by atoms with van der Waals surface area (Å²) in [6, 6.07) is 53.3. The summed E-state index contributed by atoms with van der Waals surface area (Å²) in [5, 5.41) is 5.22. The lowest BCUT2D eigenvalue weighted by Gasteiger charge is -2.10. The van der Waals surface area contributed by atoms with E-state index < -0.39 is 0 Å². The van der Waals surface area contributed by atoms with Gasteiger partial charge in [0.2, 0.25) is 0 Å². The molecular formula is C38H24. The third-order valence-electron chi connectivity index (χ3n) is 7.98. The zero-order chi connectivity index (χ0) is 25.1. The Kier molecular flexibility index (Phi) is 4.62. The average Bonchev–Trinajstić information content (AvgIpc) is 3.32. The largest absolute Gasteiger partial charge is 0.0616 e. The fourth-order valence-corrected chi connectivity index (χ4v) is 6.09. The van der Waals surface area contributed by atoms with Crippen molar-refractivity contribution >= 4 is 21.5 Å². The van der Waals surface area contributed by atoms with Gasteiger partial charge in [0.1, 0.15) is 0 Å². The zero-order valence-corrected chi connectivity index (χ0v) is 20.9. The molecular weight excluding hydrogens is 456 g/mol. The van der Waals surface area contributed by atoms with Crippen molar-refractivity contribution in [3.63, 3.8) is 0 Å². The van der Waals surface area contributed by atoms with Crippen molar-refractivity contribution in [3.05, 3.63) is 146 Å². The highest BCUT2D eigenvalue weighted by Gasteiger charge is 2.21. The van der Waals surface area contributed by atoms with Crippen LogP contribution in [-0.4, -0.2) is 0 Å². The van der Waals surface area contributed by atoms with Gasteiger partial charge in [0, 0.05) is 0 Å². The van der Waals surface area contributed by atoms with E-state index in [1.807, 2.05) is 0 Å². The maximum Gasteiger partial charge on any atom is -0.00259 e. The number of benzene rings is 7. The van der Waals surface area contributed by atoms with Crippen molar-refractivity contribution in [3.8, 4) is 55.6 Å². The molecule has 0 spiro atoms. The Hall–Kier alpha value is -4.94. The van der Waals surface area contributed by atoms with Gasteiger partial charge in [-0.05, 0) is 101 Å². The van der Waals surface area contributed by atoms with Crippen molar-refractivity contribution in [2.75, 3.05) is 0 Å². The van der Waals surface area contributed by atoms with Gasteiger partial charge in [0.15, 0.2) is 0 Å². The molecule has 0 fully saturated rings. The molecule has 0 bridgehead atoms. The number of fused-ring (bicyclic) bond motifs is 4. The van der Waals surface area contributed by atoms with Crippen LogP contribution in [0.5, 0.6) is 0 Å². The van der Waals surface area contributed by atoms with E-state index in [0.717, 1.165) is 0 Å². The second-order valence-corrected chi connectivity index (χ2v) is 10.2. The first-order valence-corrected chi connectivity index (χ1v) is 13.2. The number of rotatable bonds is 3. The lowest BCUT2D eigenvalue weighted by Crippen LogP contribution is -1.84. The summed E-state index contributed by atoms with van der Waals surface area (Å²) >= 11 is 0. The Morgan fingerprint density at radius 2 is 0.763 bits per heavy atom. The molecule has 0 nitrogen and oxygen atoms in total. The molecule has 0 heteroatoms. The van der Waals surface area contributed by atoms with Crippen LogP contribution in [0.3, 0.4) is 0 Å². The minimum absolute atomic E-state index is 1.23. The topological polar surface area (TPSA) is 0 Å². The van der Waals surface area contributed by atoms with Crippen molar-refractivity contribution < 1.29 is 0 Å². The van der Waals surface area contributed by atoms with E-state index in [4.69, 9.17) is 0 Å². The minimum Gasteiger partial charge on any atom is -0.0616 e. The highest BCUT2D eigenvalue weighted by atomic mass is 14.2. The lowest BCUT2D eigenvalue weighted by atomic mass is 9.94. The second kappa shape index (κ2) is 8.30. The molecule has 0 amide bonds. The quantitative estimate of drug-likeness (QED) is 0.236. The fourth-order valence-electron chi connectivity index (χ4n) is 6.09. The Balaban J connectivity index is 1.17. The van der Waals surface area contributed by atoms with Gasteiger partial charge in [0.25, 0.3) is 0 Å². The number of hydrogen-bond donors (Lipinski definition) is 0. The standard InChI is InChI=1S/C38H24/c1-2-8-28-22-31(20-19-25(28)7-1)30-10-5-9-29(21-30)26-15-17-27(18-16-26)33-23-32-11-6-14-36-34-12-3-4-13-35(34)37(24-33)38(32)36/h1-24H. The van der Waals surface area contributed by atoms with E-state index in [0.29, 0.717) is 0 Å². The summed E-state index contributed by atoms with van der Waals surface area (Å²) in [4.78, 5) is 0. The van der Waals surface area contributed by atoms with Gasteiger partial charge in [-0.1, -0.05) is 121 Å². The van der Waals surface area contributed by atoms with Gasteiger partial charge in [-0.25, -0.2) is 0 Å². The molecule has 0 saturated carbocycles. The van der Waals surface area contributed by atoms with Gasteiger partial charge >= 0.3 is 0 Å². The summed E-state index contributed by atoms with van der Waals surface area (Å²) in [5.41, 5.74) is 12.8. The third kappa shape index (κ3) is 3.31. The molecule has 0 unspecified atom stereocenters. The van der Waals surface area contributed by atoms with Crippen molar-refractivity contribution in [2.45, 2.75) is 0 Å². The molecule has 7 aromatic rings. The number of hydrogen-bond acceptors (Lipinski definition) is 0. The molecule has 7 aromatic carbocycles. The van der Waals surface area contributed by atoms with Crippen LogP contribution >= 0.6 is 0 Å². The van der Waals surface area contributed by atoms with Gasteiger partial charge in [-0.3, -0.25) is 0 Å². The van der Waals surface area contributed by atoms with Crippen molar-refractivity contribution in [2.24, 2.45) is 0 Å². The van der Waals surface area contributed by atoms with Crippen LogP contribution in [-0.2, 0) is 0 Å². The van der Waals surface area contributed by atoms with Crippen molar-refractivity contribution in [1.29, 1.82) is 0 Å². The van der Waals surface area contributed by atoms with E-state index in [2.05, 4.69) is 146 Å². The maximum absolute atomic E-state index is 2.37. The van der Waals surface area contributed by atoms with E-state index in [1.54, 1.807) is 0 Å². The summed E-state index contributed by atoms with van der Waals surface area (Å²) in [7, 11) is 0. The summed E-state index contributed by atoms with van der Waals surface area (Å²) in [6.07, 6.45) is 0. The van der Waals surface area contributed by atoms with Crippen LogP contribution in [0.1, 0.15) is 0 Å². The molecule has 1 aliphatic carbocycles. The van der Waals surface area contributed by atoms with Gasteiger partial charge < -0.3 is 0 Å². The minimum atomic E-state index is 1.23. The molecule has 0 N–H and O–H groups in total.